The molecule has 0 aliphatic heterocycles. The van der Waals surface area contributed by atoms with E-state index in [2.05, 4.69) is 34.6 Å². The minimum absolute atomic E-state index is 0.0355. The summed E-state index contributed by atoms with van der Waals surface area (Å²) in [5.41, 5.74) is 0. The third-order valence-corrected chi connectivity index (χ3v) is 6.01. The van der Waals surface area contributed by atoms with E-state index in [9.17, 15) is 9.59 Å². The predicted molar refractivity (Wildman–Crippen MR) is 125 cm³/mol. The molecule has 4 heteroatoms. The van der Waals surface area contributed by atoms with Gasteiger partial charge in [0.25, 0.3) is 0 Å². The summed E-state index contributed by atoms with van der Waals surface area (Å²) < 4.78 is 10.9. The lowest BCUT2D eigenvalue weighted by Crippen LogP contribution is -2.18. The molecule has 0 aromatic carbocycles. The molecular weight excluding hydrogens is 376 g/mol. The maximum absolute atomic E-state index is 12.1. The van der Waals surface area contributed by atoms with Crippen molar-refractivity contribution < 1.29 is 19.1 Å². The number of ether oxygens (including phenoxy) is 2. The van der Waals surface area contributed by atoms with Gasteiger partial charge in [-0.2, -0.15) is 0 Å². The van der Waals surface area contributed by atoms with Crippen LogP contribution in [0.2, 0.25) is 0 Å². The highest BCUT2D eigenvalue weighted by Crippen LogP contribution is 2.19. The van der Waals surface area contributed by atoms with Gasteiger partial charge in [-0.25, -0.2) is 0 Å². The molecule has 0 heterocycles. The summed E-state index contributed by atoms with van der Waals surface area (Å²) in [6.07, 6.45) is 14.8. The third-order valence-electron chi connectivity index (χ3n) is 6.01. The molecule has 178 valence electrons. The van der Waals surface area contributed by atoms with Gasteiger partial charge in [0.2, 0.25) is 0 Å². The standard InChI is InChI=1S/C26H50O4/c1-6-23(7-2)19-20-24(8-3)30-26(28)18-14-12-10-9-11-13-17-25(27)29-21-15-16-22(4)5/h22-24H,6-21H2,1-5H3. The fourth-order valence-electron chi connectivity index (χ4n) is 3.71. The summed E-state index contributed by atoms with van der Waals surface area (Å²) >= 11 is 0. The van der Waals surface area contributed by atoms with Gasteiger partial charge in [0.15, 0.2) is 0 Å². The summed E-state index contributed by atoms with van der Waals surface area (Å²) in [5.74, 6) is 1.32. The van der Waals surface area contributed by atoms with Gasteiger partial charge in [-0.15, -0.1) is 0 Å². The molecule has 0 aliphatic rings. The monoisotopic (exact) mass is 426 g/mol. The van der Waals surface area contributed by atoms with E-state index in [1.807, 2.05) is 0 Å². The first kappa shape index (κ1) is 28.9. The van der Waals surface area contributed by atoms with Crippen molar-refractivity contribution in [2.75, 3.05) is 6.61 Å². The van der Waals surface area contributed by atoms with Crippen LogP contribution in [0, 0.1) is 11.8 Å². The summed E-state index contributed by atoms with van der Waals surface area (Å²) in [4.78, 5) is 23.7. The molecule has 0 radical (unpaired) electrons. The Morgan fingerprint density at radius 3 is 1.77 bits per heavy atom. The molecule has 1 unspecified atom stereocenters. The van der Waals surface area contributed by atoms with Gasteiger partial charge in [0.05, 0.1) is 6.61 Å². The average Bonchev–Trinajstić information content (AvgIpc) is 2.72. The maximum Gasteiger partial charge on any atom is 0.306 e. The Morgan fingerprint density at radius 1 is 0.667 bits per heavy atom. The molecule has 0 bridgehead atoms. The number of carbonyl (C=O) groups excluding carboxylic acids is 2. The molecule has 1 atom stereocenters. The van der Waals surface area contributed by atoms with E-state index in [-0.39, 0.29) is 18.0 Å². The first-order valence-corrected chi connectivity index (χ1v) is 12.8. The SMILES string of the molecule is CCC(CC)CCC(CC)OC(=O)CCCCCCCCC(=O)OCCCC(C)C. The maximum atomic E-state index is 12.1. The first-order chi connectivity index (χ1) is 14.4. The second-order valence-corrected chi connectivity index (χ2v) is 9.16. The molecule has 30 heavy (non-hydrogen) atoms. The van der Waals surface area contributed by atoms with Gasteiger partial charge >= 0.3 is 11.9 Å². The summed E-state index contributed by atoms with van der Waals surface area (Å²) in [5, 5.41) is 0. The van der Waals surface area contributed by atoms with Crippen LogP contribution in [0.1, 0.15) is 131 Å². The number of hydrogen-bond donors (Lipinski definition) is 0. The molecule has 0 spiro atoms. The molecule has 0 N–H and O–H groups in total. The quantitative estimate of drug-likeness (QED) is 0.148. The number of rotatable bonds is 20. The summed E-state index contributed by atoms with van der Waals surface area (Å²) in [7, 11) is 0. The van der Waals surface area contributed by atoms with Crippen LogP contribution < -0.4 is 0 Å². The van der Waals surface area contributed by atoms with Crippen molar-refractivity contribution in [1.82, 2.24) is 0 Å². The minimum Gasteiger partial charge on any atom is -0.466 e. The molecular formula is C26H50O4. The Bertz CT molecular complexity index is 415. The first-order valence-electron chi connectivity index (χ1n) is 12.8. The van der Waals surface area contributed by atoms with Gasteiger partial charge in [-0.3, -0.25) is 9.59 Å². The van der Waals surface area contributed by atoms with Crippen molar-refractivity contribution in [1.29, 1.82) is 0 Å². The van der Waals surface area contributed by atoms with Crippen molar-refractivity contribution >= 4 is 11.9 Å². The smallest absolute Gasteiger partial charge is 0.306 e. The second kappa shape index (κ2) is 19.9. The average molecular weight is 427 g/mol. The lowest BCUT2D eigenvalue weighted by atomic mass is 9.95. The molecule has 0 rings (SSSR count). The summed E-state index contributed by atoms with van der Waals surface area (Å²) in [6, 6.07) is 0. The molecule has 0 aliphatic carbocycles. The van der Waals surface area contributed by atoms with Gasteiger partial charge in [-0.1, -0.05) is 73.1 Å². The predicted octanol–water partition coefficient (Wildman–Crippen LogP) is 7.62. The number of unbranched alkanes of at least 4 members (excludes halogenated alkanes) is 5. The van der Waals surface area contributed by atoms with E-state index >= 15 is 0 Å². The van der Waals surface area contributed by atoms with E-state index in [0.717, 1.165) is 76.5 Å². The van der Waals surface area contributed by atoms with Crippen LogP contribution in [0.5, 0.6) is 0 Å². The van der Waals surface area contributed by atoms with Crippen molar-refractivity contribution in [3.63, 3.8) is 0 Å². The van der Waals surface area contributed by atoms with Crippen LogP contribution in [0.3, 0.4) is 0 Å². The van der Waals surface area contributed by atoms with Crippen LogP contribution in [-0.4, -0.2) is 24.6 Å². The van der Waals surface area contributed by atoms with Crippen molar-refractivity contribution in [3.8, 4) is 0 Å². The Morgan fingerprint density at radius 2 is 1.23 bits per heavy atom. The molecule has 0 saturated heterocycles. The topological polar surface area (TPSA) is 52.6 Å². The Labute approximate surface area is 186 Å². The van der Waals surface area contributed by atoms with Crippen LogP contribution in [0.15, 0.2) is 0 Å². The van der Waals surface area contributed by atoms with E-state index in [0.29, 0.717) is 25.4 Å². The largest absolute Gasteiger partial charge is 0.466 e. The van der Waals surface area contributed by atoms with Crippen molar-refractivity contribution in [2.24, 2.45) is 11.8 Å². The highest BCUT2D eigenvalue weighted by Gasteiger charge is 2.14. The minimum atomic E-state index is -0.0591. The van der Waals surface area contributed by atoms with Gasteiger partial charge in [0, 0.05) is 12.8 Å². The lowest BCUT2D eigenvalue weighted by Gasteiger charge is -2.19. The number of carbonyl (C=O) groups is 2. The fourth-order valence-corrected chi connectivity index (χ4v) is 3.71. The van der Waals surface area contributed by atoms with E-state index in [4.69, 9.17) is 9.47 Å². The van der Waals surface area contributed by atoms with Crippen LogP contribution in [0.25, 0.3) is 0 Å². The van der Waals surface area contributed by atoms with Crippen LogP contribution in [0.4, 0.5) is 0 Å². The molecule has 0 amide bonds. The van der Waals surface area contributed by atoms with Crippen molar-refractivity contribution in [2.45, 2.75) is 137 Å². The summed E-state index contributed by atoms with van der Waals surface area (Å²) in [6.45, 7) is 11.5. The van der Waals surface area contributed by atoms with Crippen molar-refractivity contribution in [3.05, 3.63) is 0 Å². The normalized spacial score (nSPS) is 12.4. The lowest BCUT2D eigenvalue weighted by molar-refractivity contribution is -0.150. The van der Waals surface area contributed by atoms with Gasteiger partial charge in [-0.05, 0) is 56.8 Å². The van der Waals surface area contributed by atoms with Gasteiger partial charge in [0.1, 0.15) is 6.10 Å². The highest BCUT2D eigenvalue weighted by molar-refractivity contribution is 5.69. The van der Waals surface area contributed by atoms with E-state index < -0.39 is 0 Å². The Balaban J connectivity index is 3.60. The third kappa shape index (κ3) is 17.8. The second-order valence-electron chi connectivity index (χ2n) is 9.16. The fraction of sp³-hybridized carbons (Fsp3) is 0.923. The zero-order valence-corrected chi connectivity index (χ0v) is 20.7. The van der Waals surface area contributed by atoms with Crippen LogP contribution >= 0.6 is 0 Å². The molecule has 0 saturated carbocycles. The van der Waals surface area contributed by atoms with Crippen LogP contribution in [-0.2, 0) is 19.1 Å². The zero-order valence-electron chi connectivity index (χ0n) is 20.7. The zero-order chi connectivity index (χ0) is 22.6. The van der Waals surface area contributed by atoms with Gasteiger partial charge < -0.3 is 9.47 Å². The highest BCUT2D eigenvalue weighted by atomic mass is 16.5. The number of hydrogen-bond acceptors (Lipinski definition) is 4. The molecule has 0 aromatic rings. The Kier molecular flexibility index (Phi) is 19.2. The Hall–Kier alpha value is -1.06. The molecule has 4 nitrogen and oxygen atoms in total. The van der Waals surface area contributed by atoms with E-state index in [1.54, 1.807) is 0 Å². The van der Waals surface area contributed by atoms with E-state index in [1.165, 1.54) is 12.8 Å². The number of esters is 2. The molecule has 0 fully saturated rings. The molecule has 0 aromatic heterocycles.